The SMILES string of the molecule is CN(C)CCOc1ccc(C#CCO)c(F)c1. The monoisotopic (exact) mass is 237 g/mol. The minimum absolute atomic E-state index is 0.263. The van der Waals surface area contributed by atoms with Crippen LogP contribution in [-0.4, -0.2) is 43.9 Å². The van der Waals surface area contributed by atoms with Crippen molar-refractivity contribution >= 4 is 0 Å². The molecule has 17 heavy (non-hydrogen) atoms. The topological polar surface area (TPSA) is 32.7 Å². The summed E-state index contributed by atoms with van der Waals surface area (Å²) < 4.78 is 18.9. The molecule has 0 aliphatic carbocycles. The minimum Gasteiger partial charge on any atom is -0.492 e. The van der Waals surface area contributed by atoms with E-state index in [9.17, 15) is 4.39 Å². The van der Waals surface area contributed by atoms with E-state index < -0.39 is 5.82 Å². The lowest BCUT2D eigenvalue weighted by Gasteiger charge is -2.11. The van der Waals surface area contributed by atoms with Crippen LogP contribution in [0.2, 0.25) is 0 Å². The lowest BCUT2D eigenvalue weighted by molar-refractivity contribution is 0.260. The van der Waals surface area contributed by atoms with Crippen LogP contribution in [0, 0.1) is 17.7 Å². The summed E-state index contributed by atoms with van der Waals surface area (Å²) in [6, 6.07) is 4.51. The van der Waals surface area contributed by atoms with Crippen LogP contribution in [0.4, 0.5) is 4.39 Å². The fourth-order valence-electron chi connectivity index (χ4n) is 1.17. The van der Waals surface area contributed by atoms with Crippen LogP contribution in [0.3, 0.4) is 0 Å². The summed E-state index contributed by atoms with van der Waals surface area (Å²) in [4.78, 5) is 1.98. The van der Waals surface area contributed by atoms with Crippen molar-refractivity contribution in [1.82, 2.24) is 4.90 Å². The fourth-order valence-corrected chi connectivity index (χ4v) is 1.17. The number of halogens is 1. The molecule has 92 valence electrons. The Hall–Kier alpha value is -1.57. The van der Waals surface area contributed by atoms with Gasteiger partial charge in [-0.05, 0) is 26.2 Å². The lowest BCUT2D eigenvalue weighted by atomic mass is 10.2. The standard InChI is InChI=1S/C13H16FNO2/c1-15(2)7-9-17-12-6-5-11(4-3-8-16)13(14)10-12/h5-6,10,16H,7-9H2,1-2H3. The van der Waals surface area contributed by atoms with E-state index in [1.807, 2.05) is 19.0 Å². The summed E-state index contributed by atoms with van der Waals surface area (Å²) >= 11 is 0. The van der Waals surface area contributed by atoms with Crippen LogP contribution in [0.15, 0.2) is 18.2 Å². The van der Waals surface area contributed by atoms with E-state index in [1.54, 1.807) is 12.1 Å². The van der Waals surface area contributed by atoms with Crippen molar-refractivity contribution in [3.63, 3.8) is 0 Å². The van der Waals surface area contributed by atoms with E-state index in [0.29, 0.717) is 12.4 Å². The Labute approximate surface area is 101 Å². The Morgan fingerprint density at radius 3 is 2.76 bits per heavy atom. The number of aliphatic hydroxyl groups excluding tert-OH is 1. The molecule has 1 aromatic carbocycles. The molecule has 0 fully saturated rings. The molecule has 0 saturated heterocycles. The third-order valence-electron chi connectivity index (χ3n) is 2.05. The molecule has 4 heteroatoms. The van der Waals surface area contributed by atoms with Crippen molar-refractivity contribution in [2.75, 3.05) is 33.9 Å². The Morgan fingerprint density at radius 2 is 2.18 bits per heavy atom. The predicted molar refractivity (Wildman–Crippen MR) is 64.4 cm³/mol. The first-order chi connectivity index (χ1) is 8.13. The first-order valence-corrected chi connectivity index (χ1v) is 5.30. The lowest BCUT2D eigenvalue weighted by Crippen LogP contribution is -2.19. The number of benzene rings is 1. The molecule has 1 rings (SSSR count). The second kappa shape index (κ2) is 6.89. The Bertz CT molecular complexity index is 421. The number of hydrogen-bond donors (Lipinski definition) is 1. The van der Waals surface area contributed by atoms with Gasteiger partial charge in [0.15, 0.2) is 0 Å². The van der Waals surface area contributed by atoms with Crippen LogP contribution < -0.4 is 4.74 Å². The molecule has 1 aromatic rings. The van der Waals surface area contributed by atoms with Gasteiger partial charge in [-0.15, -0.1) is 0 Å². The van der Waals surface area contributed by atoms with Gasteiger partial charge in [-0.2, -0.15) is 0 Å². The average molecular weight is 237 g/mol. The van der Waals surface area contributed by atoms with Gasteiger partial charge >= 0.3 is 0 Å². The smallest absolute Gasteiger partial charge is 0.142 e. The van der Waals surface area contributed by atoms with Crippen molar-refractivity contribution in [3.8, 4) is 17.6 Å². The summed E-state index contributed by atoms with van der Waals surface area (Å²) in [6.07, 6.45) is 0. The van der Waals surface area contributed by atoms with Crippen LogP contribution >= 0.6 is 0 Å². The minimum atomic E-state index is -0.437. The van der Waals surface area contributed by atoms with Gasteiger partial charge in [-0.1, -0.05) is 11.8 Å². The maximum atomic E-state index is 13.5. The van der Waals surface area contributed by atoms with Crippen molar-refractivity contribution in [2.45, 2.75) is 0 Å². The average Bonchev–Trinajstić information content (AvgIpc) is 2.27. The highest BCUT2D eigenvalue weighted by molar-refractivity contribution is 5.39. The van der Waals surface area contributed by atoms with Crippen molar-refractivity contribution in [3.05, 3.63) is 29.6 Å². The van der Waals surface area contributed by atoms with Crippen molar-refractivity contribution in [1.29, 1.82) is 0 Å². The zero-order valence-electron chi connectivity index (χ0n) is 10.0. The number of likely N-dealkylation sites (N-methyl/N-ethyl adjacent to an activating group) is 1. The van der Waals surface area contributed by atoms with Gasteiger partial charge in [0.1, 0.15) is 24.8 Å². The summed E-state index contributed by atoms with van der Waals surface area (Å²) in [6.45, 7) is 1.00. The zero-order valence-corrected chi connectivity index (χ0v) is 10.0. The summed E-state index contributed by atoms with van der Waals surface area (Å²) in [7, 11) is 3.88. The largest absolute Gasteiger partial charge is 0.492 e. The first kappa shape index (κ1) is 13.5. The molecule has 0 radical (unpaired) electrons. The molecule has 0 spiro atoms. The van der Waals surface area contributed by atoms with E-state index in [-0.39, 0.29) is 12.2 Å². The van der Waals surface area contributed by atoms with Crippen molar-refractivity contribution in [2.24, 2.45) is 0 Å². The van der Waals surface area contributed by atoms with Crippen molar-refractivity contribution < 1.29 is 14.2 Å². The summed E-state index contributed by atoms with van der Waals surface area (Å²) in [5.41, 5.74) is 0.263. The van der Waals surface area contributed by atoms with E-state index in [2.05, 4.69) is 11.8 Å². The van der Waals surface area contributed by atoms with Gasteiger partial charge in [0, 0.05) is 12.6 Å². The molecule has 0 amide bonds. The first-order valence-electron chi connectivity index (χ1n) is 5.30. The molecule has 0 saturated carbocycles. The number of aliphatic hydroxyl groups is 1. The third-order valence-corrected chi connectivity index (χ3v) is 2.05. The number of nitrogens with zero attached hydrogens (tertiary/aromatic N) is 1. The highest BCUT2D eigenvalue weighted by Crippen LogP contribution is 2.15. The van der Waals surface area contributed by atoms with Crippen LogP contribution in [0.1, 0.15) is 5.56 Å². The molecular weight excluding hydrogens is 221 g/mol. The molecule has 0 aliphatic rings. The normalized spacial score (nSPS) is 9.94. The van der Waals surface area contributed by atoms with Gasteiger partial charge in [0.25, 0.3) is 0 Å². The van der Waals surface area contributed by atoms with Gasteiger partial charge in [-0.25, -0.2) is 4.39 Å². The Balaban J connectivity index is 2.62. The van der Waals surface area contributed by atoms with Gasteiger partial charge in [0.2, 0.25) is 0 Å². The molecule has 0 heterocycles. The molecule has 3 nitrogen and oxygen atoms in total. The maximum absolute atomic E-state index is 13.5. The number of rotatable bonds is 4. The van der Waals surface area contributed by atoms with E-state index in [4.69, 9.17) is 9.84 Å². The molecule has 0 aliphatic heterocycles. The second-order valence-electron chi connectivity index (χ2n) is 3.75. The molecule has 0 unspecified atom stereocenters. The highest BCUT2D eigenvalue weighted by Gasteiger charge is 2.02. The van der Waals surface area contributed by atoms with Crippen LogP contribution in [0.25, 0.3) is 0 Å². The van der Waals surface area contributed by atoms with E-state index in [0.717, 1.165) is 6.54 Å². The fraction of sp³-hybridized carbons (Fsp3) is 0.385. The number of hydrogen-bond acceptors (Lipinski definition) is 3. The van der Waals surface area contributed by atoms with Gasteiger partial charge in [-0.3, -0.25) is 0 Å². The number of ether oxygens (including phenoxy) is 1. The molecule has 0 aromatic heterocycles. The third kappa shape index (κ3) is 4.85. The van der Waals surface area contributed by atoms with E-state index in [1.165, 1.54) is 6.07 Å². The van der Waals surface area contributed by atoms with E-state index >= 15 is 0 Å². The molecular formula is C13H16FNO2. The molecule has 0 bridgehead atoms. The van der Waals surface area contributed by atoms with Gasteiger partial charge in [0.05, 0.1) is 5.56 Å². The second-order valence-corrected chi connectivity index (χ2v) is 3.75. The zero-order chi connectivity index (χ0) is 12.7. The summed E-state index contributed by atoms with van der Waals surface area (Å²) in [5.74, 6) is 4.97. The van der Waals surface area contributed by atoms with Gasteiger partial charge < -0.3 is 14.7 Å². The Morgan fingerprint density at radius 1 is 1.41 bits per heavy atom. The predicted octanol–water partition coefficient (Wildman–Crippen LogP) is 1.11. The summed E-state index contributed by atoms with van der Waals surface area (Å²) in [5, 5.41) is 8.52. The van der Waals surface area contributed by atoms with Crippen LogP contribution in [0.5, 0.6) is 5.75 Å². The maximum Gasteiger partial charge on any atom is 0.142 e. The molecule has 1 N–H and O–H groups in total. The Kier molecular flexibility index (Phi) is 5.47. The molecule has 0 atom stereocenters. The quantitative estimate of drug-likeness (QED) is 0.796. The highest BCUT2D eigenvalue weighted by atomic mass is 19.1. The van der Waals surface area contributed by atoms with Crippen LogP contribution in [-0.2, 0) is 0 Å².